The third-order valence-corrected chi connectivity index (χ3v) is 4.70. The molecule has 2 rings (SSSR count). The molecule has 1 aliphatic rings. The van der Waals surface area contributed by atoms with Gasteiger partial charge in [0.05, 0.1) is 0 Å². The minimum absolute atomic E-state index is 0.357. The monoisotopic (exact) mass is 289 g/mol. The summed E-state index contributed by atoms with van der Waals surface area (Å²) < 4.78 is 0. The second kappa shape index (κ2) is 8.55. The molecule has 1 saturated carbocycles. The highest BCUT2D eigenvalue weighted by molar-refractivity contribution is 5.22. The van der Waals surface area contributed by atoms with Gasteiger partial charge < -0.3 is 10.4 Å². The summed E-state index contributed by atoms with van der Waals surface area (Å²) in [4.78, 5) is 0. The van der Waals surface area contributed by atoms with Gasteiger partial charge in [0.25, 0.3) is 0 Å². The molecule has 118 valence electrons. The number of hydrogen-bond acceptors (Lipinski definition) is 2. The Bertz CT molecular complexity index is 399. The summed E-state index contributed by atoms with van der Waals surface area (Å²) in [6, 6.07) is 9.01. The molecular weight excluding hydrogens is 258 g/mol. The number of nitrogens with one attached hydrogen (secondary N) is 1. The van der Waals surface area contributed by atoms with Crippen molar-refractivity contribution in [2.24, 2.45) is 17.8 Å². The van der Waals surface area contributed by atoms with Gasteiger partial charge in [0, 0.05) is 13.2 Å². The Morgan fingerprint density at radius 2 is 1.67 bits per heavy atom. The molecule has 2 unspecified atom stereocenters. The van der Waals surface area contributed by atoms with Crippen molar-refractivity contribution in [3.63, 3.8) is 0 Å². The molecule has 0 saturated heterocycles. The maximum Gasteiger partial charge on any atom is 0.0462 e. The zero-order chi connectivity index (χ0) is 15.1. The van der Waals surface area contributed by atoms with Crippen LogP contribution in [0.2, 0.25) is 0 Å². The largest absolute Gasteiger partial charge is 0.396 e. The molecule has 21 heavy (non-hydrogen) atoms. The van der Waals surface area contributed by atoms with Crippen molar-refractivity contribution in [2.75, 3.05) is 13.2 Å². The Kier molecular flexibility index (Phi) is 6.72. The van der Waals surface area contributed by atoms with Crippen LogP contribution in [0, 0.1) is 17.8 Å². The Morgan fingerprint density at radius 1 is 1.05 bits per heavy atom. The van der Waals surface area contributed by atoms with Gasteiger partial charge in [-0.25, -0.2) is 0 Å². The molecule has 2 atom stereocenters. The van der Waals surface area contributed by atoms with Gasteiger partial charge in [0.2, 0.25) is 0 Å². The maximum absolute atomic E-state index is 9.45. The number of hydrogen-bond donors (Lipinski definition) is 2. The van der Waals surface area contributed by atoms with E-state index < -0.39 is 0 Å². The highest BCUT2D eigenvalue weighted by atomic mass is 16.3. The standard InChI is InChI=1S/C19H31NO/c1-15(2)11-16-7-9-17(10-8-16)12-20-13-18-5-3-4-6-19(18)14-21/h7-10,15,18-21H,3-6,11-14H2,1-2H3. The lowest BCUT2D eigenvalue weighted by Crippen LogP contribution is -2.32. The molecule has 0 heterocycles. The summed E-state index contributed by atoms with van der Waals surface area (Å²) in [5.41, 5.74) is 2.79. The topological polar surface area (TPSA) is 32.3 Å². The van der Waals surface area contributed by atoms with E-state index in [0.29, 0.717) is 18.4 Å². The van der Waals surface area contributed by atoms with E-state index in [9.17, 15) is 5.11 Å². The zero-order valence-corrected chi connectivity index (χ0v) is 13.6. The van der Waals surface area contributed by atoms with Crippen molar-refractivity contribution >= 4 is 0 Å². The van der Waals surface area contributed by atoms with Crippen LogP contribution in [-0.4, -0.2) is 18.3 Å². The van der Waals surface area contributed by atoms with E-state index in [-0.39, 0.29) is 0 Å². The molecular formula is C19H31NO. The normalized spacial score (nSPS) is 22.7. The molecule has 2 heteroatoms. The first-order valence-electron chi connectivity index (χ1n) is 8.58. The number of aliphatic hydroxyl groups is 1. The fourth-order valence-corrected chi connectivity index (χ4v) is 3.46. The lowest BCUT2D eigenvalue weighted by Gasteiger charge is -2.30. The van der Waals surface area contributed by atoms with Crippen LogP contribution in [0.5, 0.6) is 0 Å². The molecule has 1 aromatic carbocycles. The van der Waals surface area contributed by atoms with Crippen molar-refractivity contribution in [2.45, 2.75) is 52.5 Å². The van der Waals surface area contributed by atoms with Crippen molar-refractivity contribution in [1.29, 1.82) is 0 Å². The Balaban J connectivity index is 1.75. The zero-order valence-electron chi connectivity index (χ0n) is 13.6. The second-order valence-corrected chi connectivity index (χ2v) is 7.03. The summed E-state index contributed by atoms with van der Waals surface area (Å²) in [6.45, 7) is 6.86. The molecule has 0 bridgehead atoms. The average Bonchev–Trinajstić information content (AvgIpc) is 2.49. The third-order valence-electron chi connectivity index (χ3n) is 4.70. The van der Waals surface area contributed by atoms with E-state index in [4.69, 9.17) is 0 Å². The van der Waals surface area contributed by atoms with Crippen LogP contribution in [0.3, 0.4) is 0 Å². The second-order valence-electron chi connectivity index (χ2n) is 7.03. The molecule has 2 N–H and O–H groups in total. The first-order valence-corrected chi connectivity index (χ1v) is 8.58. The Labute approximate surface area is 130 Å². The first kappa shape index (κ1) is 16.5. The highest BCUT2D eigenvalue weighted by Gasteiger charge is 2.23. The van der Waals surface area contributed by atoms with E-state index in [1.54, 1.807) is 0 Å². The molecule has 1 aromatic rings. The van der Waals surface area contributed by atoms with Gasteiger partial charge in [-0.05, 0) is 54.7 Å². The Hall–Kier alpha value is -0.860. The van der Waals surface area contributed by atoms with Crippen LogP contribution in [0.25, 0.3) is 0 Å². The van der Waals surface area contributed by atoms with Gasteiger partial charge in [-0.3, -0.25) is 0 Å². The molecule has 0 spiro atoms. The van der Waals surface area contributed by atoms with Crippen LogP contribution in [0.1, 0.15) is 50.7 Å². The van der Waals surface area contributed by atoms with E-state index in [1.165, 1.54) is 36.8 Å². The molecule has 0 amide bonds. The van der Waals surface area contributed by atoms with E-state index in [0.717, 1.165) is 25.4 Å². The summed E-state index contributed by atoms with van der Waals surface area (Å²) in [5, 5.41) is 13.0. The third kappa shape index (κ3) is 5.44. The van der Waals surface area contributed by atoms with Crippen LogP contribution < -0.4 is 5.32 Å². The van der Waals surface area contributed by atoms with Gasteiger partial charge in [-0.15, -0.1) is 0 Å². The molecule has 1 fully saturated rings. The highest BCUT2D eigenvalue weighted by Crippen LogP contribution is 2.29. The number of aliphatic hydroxyl groups excluding tert-OH is 1. The van der Waals surface area contributed by atoms with Crippen LogP contribution in [0.4, 0.5) is 0 Å². The van der Waals surface area contributed by atoms with Gasteiger partial charge in [-0.1, -0.05) is 51.0 Å². The Morgan fingerprint density at radius 3 is 2.29 bits per heavy atom. The van der Waals surface area contributed by atoms with Gasteiger partial charge in [0.1, 0.15) is 0 Å². The van der Waals surface area contributed by atoms with Gasteiger partial charge in [-0.2, -0.15) is 0 Å². The van der Waals surface area contributed by atoms with Crippen molar-refractivity contribution in [3.05, 3.63) is 35.4 Å². The van der Waals surface area contributed by atoms with Crippen molar-refractivity contribution in [1.82, 2.24) is 5.32 Å². The van der Waals surface area contributed by atoms with E-state index >= 15 is 0 Å². The fourth-order valence-electron chi connectivity index (χ4n) is 3.46. The molecule has 0 aliphatic heterocycles. The number of benzene rings is 1. The maximum atomic E-state index is 9.45. The molecule has 1 aliphatic carbocycles. The summed E-state index contributed by atoms with van der Waals surface area (Å²) in [7, 11) is 0. The SMILES string of the molecule is CC(C)Cc1ccc(CNCC2CCCCC2CO)cc1. The van der Waals surface area contributed by atoms with Crippen molar-refractivity contribution < 1.29 is 5.11 Å². The van der Waals surface area contributed by atoms with Gasteiger partial charge in [0.15, 0.2) is 0 Å². The smallest absolute Gasteiger partial charge is 0.0462 e. The predicted octanol–water partition coefficient (Wildman–Crippen LogP) is 3.77. The molecule has 0 aromatic heterocycles. The van der Waals surface area contributed by atoms with Crippen LogP contribution >= 0.6 is 0 Å². The minimum atomic E-state index is 0.357. The quantitative estimate of drug-likeness (QED) is 0.801. The summed E-state index contributed by atoms with van der Waals surface area (Å²) in [6.07, 6.45) is 6.25. The lowest BCUT2D eigenvalue weighted by atomic mass is 9.79. The van der Waals surface area contributed by atoms with E-state index in [2.05, 4.69) is 43.4 Å². The summed E-state index contributed by atoms with van der Waals surface area (Å²) in [5.74, 6) is 1.89. The fraction of sp³-hybridized carbons (Fsp3) is 0.684. The van der Waals surface area contributed by atoms with Crippen LogP contribution in [-0.2, 0) is 13.0 Å². The number of rotatable bonds is 7. The minimum Gasteiger partial charge on any atom is -0.396 e. The predicted molar refractivity (Wildman–Crippen MR) is 89.2 cm³/mol. The lowest BCUT2D eigenvalue weighted by molar-refractivity contribution is 0.133. The average molecular weight is 289 g/mol. The van der Waals surface area contributed by atoms with E-state index in [1.807, 2.05) is 0 Å². The summed E-state index contributed by atoms with van der Waals surface area (Å²) >= 11 is 0. The van der Waals surface area contributed by atoms with Crippen molar-refractivity contribution in [3.8, 4) is 0 Å². The first-order chi connectivity index (χ1) is 10.2. The van der Waals surface area contributed by atoms with Gasteiger partial charge >= 0.3 is 0 Å². The van der Waals surface area contributed by atoms with Crippen LogP contribution in [0.15, 0.2) is 24.3 Å². The molecule has 0 radical (unpaired) electrons. The molecule has 2 nitrogen and oxygen atoms in total.